The lowest BCUT2D eigenvalue weighted by molar-refractivity contribution is -0.137. The van der Waals surface area contributed by atoms with Crippen LogP contribution in [-0.2, 0) is 44.8 Å². The van der Waals surface area contributed by atoms with Crippen molar-refractivity contribution >= 4 is 47.3 Å². The minimum atomic E-state index is -1.20. The highest BCUT2D eigenvalue weighted by Crippen LogP contribution is 2.15. The molecule has 0 spiro atoms. The number of hydrogen-bond donors (Lipinski definition) is 9. The van der Waals surface area contributed by atoms with E-state index in [0.29, 0.717) is 25.8 Å². The summed E-state index contributed by atoms with van der Waals surface area (Å²) in [5, 5.41) is 22.2. The summed E-state index contributed by atoms with van der Waals surface area (Å²) in [6.07, 6.45) is 1.90. The van der Waals surface area contributed by atoms with Crippen molar-refractivity contribution in [1.29, 1.82) is 0 Å². The number of nitrogens with one attached hydrogen (secondary N) is 8. The third kappa shape index (κ3) is 16.7. The highest BCUT2D eigenvalue weighted by Gasteiger charge is 2.37. The highest BCUT2D eigenvalue weighted by atomic mass is 16.2. The van der Waals surface area contributed by atoms with Gasteiger partial charge in [0.05, 0.1) is 0 Å². The SMILES string of the molecule is CC[C@@H](C)[C@H]1NC(=O)[C@H](C(C)C)NC(=O)[C@@H](C)NC(=O)[C@H](C(C)C)NC(=O)[C@@H](CC(C)C)NC(=O)[C@@H](Cc2ccccc2)NC(=O)[C@H](C(C)C)NC(=O)[C@H](CCCCN)NC1=O. The summed E-state index contributed by atoms with van der Waals surface area (Å²) in [5.41, 5.74) is 6.48. The van der Waals surface area contributed by atoms with Crippen LogP contribution in [-0.4, -0.2) is 102 Å². The minimum Gasteiger partial charge on any atom is -0.343 e. The van der Waals surface area contributed by atoms with Gasteiger partial charge < -0.3 is 48.3 Å². The summed E-state index contributed by atoms with van der Waals surface area (Å²) >= 11 is 0. The predicted molar refractivity (Wildman–Crippen MR) is 238 cm³/mol. The number of hydrogen-bond acceptors (Lipinski definition) is 9. The summed E-state index contributed by atoms with van der Waals surface area (Å²) in [6.45, 7) is 19.5. The van der Waals surface area contributed by atoms with Gasteiger partial charge in [-0.2, -0.15) is 0 Å². The van der Waals surface area contributed by atoms with E-state index in [2.05, 4.69) is 42.5 Å². The Morgan fingerprint density at radius 2 is 0.919 bits per heavy atom. The second-order valence-electron chi connectivity index (χ2n) is 18.1. The first-order valence-corrected chi connectivity index (χ1v) is 22.3. The van der Waals surface area contributed by atoms with E-state index in [1.807, 2.05) is 26.8 Å². The molecule has 0 bridgehead atoms. The fraction of sp³-hybridized carbons (Fsp3) is 0.689. The van der Waals surface area contributed by atoms with Gasteiger partial charge in [0.2, 0.25) is 47.3 Å². The van der Waals surface area contributed by atoms with Crippen molar-refractivity contribution in [2.24, 2.45) is 35.3 Å². The number of carbonyl (C=O) groups excluding carboxylic acids is 8. The van der Waals surface area contributed by atoms with Crippen molar-refractivity contribution < 1.29 is 38.4 Å². The molecular formula is C45H75N9O8. The van der Waals surface area contributed by atoms with Crippen molar-refractivity contribution in [2.45, 2.75) is 163 Å². The van der Waals surface area contributed by atoms with Crippen LogP contribution in [0.4, 0.5) is 0 Å². The van der Waals surface area contributed by atoms with Crippen molar-refractivity contribution in [3.63, 3.8) is 0 Å². The van der Waals surface area contributed by atoms with Crippen LogP contribution < -0.4 is 48.3 Å². The molecule has 0 aromatic heterocycles. The van der Waals surface area contributed by atoms with Crippen LogP contribution in [0.15, 0.2) is 30.3 Å². The van der Waals surface area contributed by atoms with E-state index in [1.54, 1.807) is 72.7 Å². The van der Waals surface area contributed by atoms with E-state index in [-0.39, 0.29) is 25.2 Å². The topological polar surface area (TPSA) is 259 Å². The fourth-order valence-electron chi connectivity index (χ4n) is 7.02. The van der Waals surface area contributed by atoms with Crippen LogP contribution in [0.1, 0.15) is 114 Å². The summed E-state index contributed by atoms with van der Waals surface area (Å²) in [5.74, 6) is -7.07. The Kier molecular flexibility index (Phi) is 22.1. The molecule has 0 unspecified atom stereocenters. The molecular weight excluding hydrogens is 795 g/mol. The van der Waals surface area contributed by atoms with E-state index in [0.717, 1.165) is 5.56 Å². The Hall–Kier alpha value is -5.06. The van der Waals surface area contributed by atoms with Gasteiger partial charge in [0, 0.05) is 6.42 Å². The third-order valence-corrected chi connectivity index (χ3v) is 11.1. The first-order chi connectivity index (χ1) is 29.1. The summed E-state index contributed by atoms with van der Waals surface area (Å²) in [7, 11) is 0. The smallest absolute Gasteiger partial charge is 0.243 e. The van der Waals surface area contributed by atoms with Gasteiger partial charge in [-0.05, 0) is 74.3 Å². The number of nitrogens with two attached hydrogens (primary N) is 1. The second-order valence-corrected chi connectivity index (χ2v) is 18.1. The molecule has 62 heavy (non-hydrogen) atoms. The van der Waals surface area contributed by atoms with Gasteiger partial charge in [-0.25, -0.2) is 0 Å². The van der Waals surface area contributed by atoms with Gasteiger partial charge in [-0.1, -0.05) is 106 Å². The molecule has 10 N–H and O–H groups in total. The van der Waals surface area contributed by atoms with Gasteiger partial charge in [-0.3, -0.25) is 38.4 Å². The Bertz CT molecular complexity index is 1670. The molecule has 348 valence electrons. The first-order valence-electron chi connectivity index (χ1n) is 22.3. The molecule has 1 fully saturated rings. The Morgan fingerprint density at radius 1 is 0.500 bits per heavy atom. The number of rotatable bonds is 13. The zero-order valence-electron chi connectivity index (χ0n) is 38.7. The molecule has 1 aromatic rings. The second kappa shape index (κ2) is 25.8. The van der Waals surface area contributed by atoms with Gasteiger partial charge >= 0.3 is 0 Å². The molecule has 8 amide bonds. The molecule has 0 radical (unpaired) electrons. The van der Waals surface area contributed by atoms with Gasteiger partial charge in [0.15, 0.2) is 0 Å². The highest BCUT2D eigenvalue weighted by molar-refractivity contribution is 5.99. The number of carbonyl (C=O) groups is 8. The number of unbranched alkanes of at least 4 members (excludes halogenated alkanes) is 1. The molecule has 17 nitrogen and oxygen atoms in total. The fourth-order valence-corrected chi connectivity index (χ4v) is 7.02. The number of amides is 8. The standard InChI is InChI=1S/C45H75N9O8/c1-12-28(10)37-45(62)48-31(20-16-17-21-46)39(56)52-35(26(6)7)43(60)50-33(23-30-18-14-13-15-19-30)40(57)49-32(22-24(2)3)41(58)53-34(25(4)5)42(59)47-29(11)38(55)51-36(27(8)9)44(61)54-37/h13-15,18-19,24-29,31-37H,12,16-17,20-23,46H2,1-11H3,(H,47,59)(H,48,62)(H,49,57)(H,50,60)(H,51,55)(H,52,56)(H,53,58)(H,54,61)/t28-,29-,31+,32-,33-,34+,35+,36+,37-/m1/s1. The quantitative estimate of drug-likeness (QED) is 0.130. The van der Waals surface area contributed by atoms with Crippen molar-refractivity contribution in [3.05, 3.63) is 35.9 Å². The molecule has 2 rings (SSSR count). The minimum absolute atomic E-state index is 0.0440. The molecule has 1 heterocycles. The molecule has 1 aliphatic heterocycles. The van der Waals surface area contributed by atoms with E-state index < -0.39 is 119 Å². The van der Waals surface area contributed by atoms with Crippen LogP contribution in [0, 0.1) is 29.6 Å². The normalized spacial score (nSPS) is 26.4. The zero-order chi connectivity index (χ0) is 46.8. The molecule has 1 saturated heterocycles. The van der Waals surface area contributed by atoms with E-state index in [1.165, 1.54) is 6.92 Å². The maximum atomic E-state index is 14.2. The maximum Gasteiger partial charge on any atom is 0.243 e. The van der Waals surface area contributed by atoms with E-state index in [4.69, 9.17) is 5.73 Å². The third-order valence-electron chi connectivity index (χ3n) is 11.1. The predicted octanol–water partition coefficient (Wildman–Crippen LogP) is 1.33. The Labute approximate surface area is 368 Å². The molecule has 0 aliphatic carbocycles. The van der Waals surface area contributed by atoms with Gasteiger partial charge in [-0.15, -0.1) is 0 Å². The molecule has 0 saturated carbocycles. The molecule has 17 heteroatoms. The van der Waals surface area contributed by atoms with Crippen LogP contribution >= 0.6 is 0 Å². The van der Waals surface area contributed by atoms with Gasteiger partial charge in [0.25, 0.3) is 0 Å². The zero-order valence-corrected chi connectivity index (χ0v) is 38.7. The van der Waals surface area contributed by atoms with Crippen molar-refractivity contribution in [3.8, 4) is 0 Å². The van der Waals surface area contributed by atoms with Gasteiger partial charge in [0.1, 0.15) is 48.3 Å². The van der Waals surface area contributed by atoms with Crippen LogP contribution in [0.2, 0.25) is 0 Å². The van der Waals surface area contributed by atoms with E-state index in [9.17, 15) is 38.4 Å². The molecule has 1 aliphatic rings. The molecule has 9 atom stereocenters. The largest absolute Gasteiger partial charge is 0.343 e. The Balaban J connectivity index is 2.74. The maximum absolute atomic E-state index is 14.2. The summed E-state index contributed by atoms with van der Waals surface area (Å²) in [4.78, 5) is 112. The van der Waals surface area contributed by atoms with Crippen molar-refractivity contribution in [1.82, 2.24) is 42.5 Å². The molecule has 1 aromatic carbocycles. The van der Waals surface area contributed by atoms with Crippen LogP contribution in [0.25, 0.3) is 0 Å². The lowest BCUT2D eigenvalue weighted by Crippen LogP contribution is -2.63. The monoisotopic (exact) mass is 870 g/mol. The lowest BCUT2D eigenvalue weighted by atomic mass is 9.95. The summed E-state index contributed by atoms with van der Waals surface area (Å²) in [6, 6.07) is -0.119. The van der Waals surface area contributed by atoms with Crippen LogP contribution in [0.3, 0.4) is 0 Å². The summed E-state index contributed by atoms with van der Waals surface area (Å²) < 4.78 is 0. The van der Waals surface area contributed by atoms with Crippen molar-refractivity contribution in [2.75, 3.05) is 6.54 Å². The van der Waals surface area contributed by atoms with Crippen LogP contribution in [0.5, 0.6) is 0 Å². The number of benzene rings is 1. The average molecular weight is 870 g/mol. The Morgan fingerprint density at radius 3 is 1.42 bits per heavy atom. The first kappa shape index (κ1) is 53.1. The van der Waals surface area contributed by atoms with E-state index >= 15 is 0 Å². The average Bonchev–Trinajstić information content (AvgIpc) is 3.20. The lowest BCUT2D eigenvalue weighted by Gasteiger charge is -2.31.